The van der Waals surface area contributed by atoms with E-state index in [4.69, 9.17) is 55.6 Å². The average molecular weight is 455 g/mol. The van der Waals surface area contributed by atoms with Crippen molar-refractivity contribution in [1.82, 2.24) is 4.57 Å². The maximum atomic E-state index is 13.3. The van der Waals surface area contributed by atoms with Crippen LogP contribution >= 0.6 is 23.4 Å². The number of aromatic nitrogens is 1. The molecule has 1 fully saturated rings. The number of carboxylic acid groups (broad SMARTS) is 1. The average Bonchev–Trinajstić information content (AvgIpc) is 3.01. The van der Waals surface area contributed by atoms with E-state index >= 15 is 0 Å². The van der Waals surface area contributed by atoms with Crippen molar-refractivity contribution in [2.24, 2.45) is 5.92 Å². The Morgan fingerprint density at radius 2 is 1.84 bits per heavy atom. The molecule has 2 aliphatic rings. The van der Waals surface area contributed by atoms with E-state index in [1.165, 1.54) is 17.8 Å². The van der Waals surface area contributed by atoms with Gasteiger partial charge < -0.3 is 14.4 Å². The fraction of sp³-hybridized carbons (Fsp3) is 0.400. The topological polar surface area (TPSA) is 68.5 Å². The van der Waals surface area contributed by atoms with Crippen molar-refractivity contribution in [2.45, 2.75) is 40.4 Å². The lowest BCUT2D eigenvalue weighted by molar-refractivity contribution is 0.0694. The highest BCUT2D eigenvalue weighted by atomic mass is 35.5. The molecule has 0 bridgehead atoms. The molecule has 12 heteroatoms. The Labute approximate surface area is 202 Å². The van der Waals surface area contributed by atoms with E-state index in [-0.39, 0.29) is 0 Å². The normalized spacial score (nSPS) is 19.1. The number of nitrogens with zero attached hydrogens (tertiary/aromatic N) is 1. The Morgan fingerprint density at radius 3 is 2.38 bits per heavy atom. The van der Waals surface area contributed by atoms with Crippen molar-refractivity contribution in [3.8, 4) is 17.0 Å². The Kier molecular flexibility index (Phi) is 5.49. The number of hydrogen-bond donors (Lipinski definition) is 1. The van der Waals surface area contributed by atoms with E-state index in [1.54, 1.807) is 12.1 Å². The molecule has 0 amide bonds. The molecule has 0 unspecified atom stereocenters. The largest absolute Gasteiger partial charge is 0.492 e. The fourth-order valence-electron chi connectivity index (χ4n) is 3.97. The summed E-state index contributed by atoms with van der Waals surface area (Å²) in [5.74, 6) is -0.263. The first-order valence-corrected chi connectivity index (χ1v) is 11.2. The number of fused-ring (bicyclic) bond motifs is 3. The number of carbonyl (C=O) groups is 1. The van der Waals surface area contributed by atoms with Crippen molar-refractivity contribution < 1.29 is 14.6 Å². The predicted molar refractivity (Wildman–Crippen MR) is 130 cm³/mol. The quantitative estimate of drug-likeness (QED) is 0.702. The van der Waals surface area contributed by atoms with Crippen LogP contribution in [-0.2, 0) is 11.2 Å². The summed E-state index contributed by atoms with van der Waals surface area (Å²) in [6.07, 6.45) is 0. The molecule has 1 N–H and O–H groups in total. The van der Waals surface area contributed by atoms with E-state index in [9.17, 15) is 14.7 Å². The Bertz CT molecular complexity index is 1200. The first-order valence-electron chi connectivity index (χ1n) is 9.82. The zero-order chi connectivity index (χ0) is 23.8. The van der Waals surface area contributed by atoms with Gasteiger partial charge in [0.15, 0.2) is 0 Å². The molecular weight excluding hydrogens is 440 g/mol. The van der Waals surface area contributed by atoms with Gasteiger partial charge in [-0.25, -0.2) is 4.79 Å². The highest BCUT2D eigenvalue weighted by Crippen LogP contribution is 2.78. The minimum absolute atomic E-state index is 0.298. The minimum Gasteiger partial charge on any atom is -0.492 e. The first-order chi connectivity index (χ1) is 14.8. The number of thioether (sulfide) groups is 1. The van der Waals surface area contributed by atoms with Crippen molar-refractivity contribution in [2.75, 3.05) is 6.61 Å². The molecule has 0 spiro atoms. The lowest BCUT2D eigenvalue weighted by Gasteiger charge is -2.31. The van der Waals surface area contributed by atoms with Gasteiger partial charge in [-0.15, -0.1) is 11.8 Å². The van der Waals surface area contributed by atoms with Crippen LogP contribution in [0.1, 0.15) is 29.8 Å². The van der Waals surface area contributed by atoms with Crippen molar-refractivity contribution in [3.63, 3.8) is 0 Å². The van der Waals surface area contributed by atoms with Crippen LogP contribution in [0.3, 0.4) is 0 Å². The van der Waals surface area contributed by atoms with Gasteiger partial charge in [0, 0.05) is 16.2 Å². The molecule has 32 heavy (non-hydrogen) atoms. The van der Waals surface area contributed by atoms with Gasteiger partial charge in [0.1, 0.15) is 19.2 Å². The summed E-state index contributed by atoms with van der Waals surface area (Å²) < 4.78 is 6.83. The minimum atomic E-state index is -1.94. The smallest absolute Gasteiger partial charge is 0.341 e. The fourth-order valence-corrected chi connectivity index (χ4v) is 5.22. The summed E-state index contributed by atoms with van der Waals surface area (Å²) in [6.45, 7) is 4.51. The zero-order valence-electron chi connectivity index (χ0n) is 17.5. The SMILES string of the molecule is [B]C1([B])C([B])([B])C1([B])n1c2c(cc(C(=O)O)c1=O)CSc1cc(OCC(C)C)c(Cl)cc1-2. The number of rotatable bonds is 5. The van der Waals surface area contributed by atoms with Gasteiger partial charge in [0.2, 0.25) is 0 Å². The summed E-state index contributed by atoms with van der Waals surface area (Å²) in [4.78, 5) is 25.8. The van der Waals surface area contributed by atoms with Crippen LogP contribution in [0.5, 0.6) is 5.75 Å². The molecule has 4 rings (SSSR count). The third-order valence-corrected chi connectivity index (χ3v) is 7.39. The summed E-state index contributed by atoms with van der Waals surface area (Å²) in [6, 6.07) is 4.74. The van der Waals surface area contributed by atoms with Crippen LogP contribution in [0.2, 0.25) is 15.5 Å². The monoisotopic (exact) mass is 455 g/mol. The molecule has 1 aliphatic carbocycles. The van der Waals surface area contributed by atoms with Crippen LogP contribution in [-0.4, -0.2) is 61.5 Å². The van der Waals surface area contributed by atoms with Gasteiger partial charge in [-0.1, -0.05) is 35.9 Å². The summed E-state index contributed by atoms with van der Waals surface area (Å²) in [7, 11) is 30.7. The lowest BCUT2D eigenvalue weighted by atomic mass is 9.49. The Balaban J connectivity index is 2.00. The van der Waals surface area contributed by atoms with Crippen LogP contribution in [0.25, 0.3) is 11.3 Å². The molecule has 1 aromatic carbocycles. The maximum absolute atomic E-state index is 13.3. The van der Waals surface area contributed by atoms with Crippen molar-refractivity contribution >= 4 is 68.6 Å². The van der Waals surface area contributed by atoms with Gasteiger partial charge in [-0.05, 0) is 35.1 Å². The van der Waals surface area contributed by atoms with Crippen LogP contribution in [0, 0.1) is 5.92 Å². The van der Waals surface area contributed by atoms with E-state index in [0.29, 0.717) is 45.9 Å². The van der Waals surface area contributed by atoms with E-state index in [0.717, 1.165) is 9.46 Å². The van der Waals surface area contributed by atoms with Gasteiger partial charge >= 0.3 is 5.97 Å². The van der Waals surface area contributed by atoms with Gasteiger partial charge in [0.05, 0.1) is 48.7 Å². The zero-order valence-corrected chi connectivity index (χ0v) is 19.1. The Morgan fingerprint density at radius 1 is 1.22 bits per heavy atom. The van der Waals surface area contributed by atoms with Crippen molar-refractivity contribution in [1.29, 1.82) is 0 Å². The summed E-state index contributed by atoms with van der Waals surface area (Å²) in [5, 5.41) is 6.17. The number of benzene rings is 1. The van der Waals surface area contributed by atoms with E-state index in [2.05, 4.69) is 0 Å². The Hall–Kier alpha value is -1.60. The van der Waals surface area contributed by atoms with Crippen LogP contribution in [0.4, 0.5) is 0 Å². The molecule has 2 aromatic rings. The van der Waals surface area contributed by atoms with Crippen LogP contribution in [0.15, 0.2) is 27.9 Å². The molecule has 2 heterocycles. The third kappa shape index (κ3) is 3.07. The molecule has 1 aliphatic heterocycles. The second-order valence-electron chi connectivity index (χ2n) is 8.65. The second-order valence-corrected chi connectivity index (χ2v) is 10.1. The van der Waals surface area contributed by atoms with Gasteiger partial charge in [-0.3, -0.25) is 4.79 Å². The number of aromatic carboxylic acids is 1. The summed E-state index contributed by atoms with van der Waals surface area (Å²) >= 11 is 7.92. The van der Waals surface area contributed by atoms with Crippen molar-refractivity contribution in [3.05, 3.63) is 44.7 Å². The van der Waals surface area contributed by atoms with E-state index in [1.807, 2.05) is 13.8 Å². The number of ether oxygens (including phenoxy) is 1. The molecule has 5 nitrogen and oxygen atoms in total. The highest BCUT2D eigenvalue weighted by Gasteiger charge is 2.72. The highest BCUT2D eigenvalue weighted by molar-refractivity contribution is 7.98. The molecule has 152 valence electrons. The number of pyridine rings is 1. The molecule has 10 radical (unpaired) electrons. The van der Waals surface area contributed by atoms with Crippen LogP contribution < -0.4 is 10.3 Å². The number of carboxylic acids is 1. The standard InChI is InChI=1S/C20H15B5ClNO4S/c1-8(2)6-31-13-5-14-10(4-12(13)26)15-9(7-32-14)3-11(17(29)30)16(28)27(15)20(25)18(21,22)19(20,23)24/h3-5,8H,6-7H2,1-2H3,(H,29,30). The number of hydrogen-bond acceptors (Lipinski definition) is 4. The molecule has 0 saturated heterocycles. The van der Waals surface area contributed by atoms with Gasteiger partial charge in [0.25, 0.3) is 5.56 Å². The van der Waals surface area contributed by atoms with E-state index < -0.39 is 33.0 Å². The first kappa shape index (κ1) is 23.6. The second kappa shape index (κ2) is 7.46. The third-order valence-electron chi connectivity index (χ3n) is 5.99. The molecule has 0 atom stereocenters. The number of halogens is 1. The molecule has 1 saturated carbocycles. The van der Waals surface area contributed by atoms with Gasteiger partial charge in [-0.2, -0.15) is 0 Å². The predicted octanol–water partition coefficient (Wildman–Crippen LogP) is 2.25. The molecular formula is C20H15B5ClNO4S. The summed E-state index contributed by atoms with van der Waals surface area (Å²) in [5.41, 5.74) is -1.92. The molecule has 1 aromatic heterocycles. The lowest BCUT2D eigenvalue weighted by Crippen LogP contribution is -2.40. The maximum Gasteiger partial charge on any atom is 0.341 e.